The lowest BCUT2D eigenvalue weighted by Gasteiger charge is -2.45. The van der Waals surface area contributed by atoms with E-state index in [9.17, 15) is 4.79 Å². The third kappa shape index (κ3) is 2.22. The average Bonchev–Trinajstić information content (AvgIpc) is 2.91. The van der Waals surface area contributed by atoms with Crippen LogP contribution >= 0.6 is 0 Å². The molecule has 1 amide bonds. The number of amides is 1. The van der Waals surface area contributed by atoms with Gasteiger partial charge in [-0.15, -0.1) is 0 Å². The van der Waals surface area contributed by atoms with Gasteiger partial charge < -0.3 is 10.2 Å². The summed E-state index contributed by atoms with van der Waals surface area (Å²) in [4.78, 5) is 14.8. The number of hydrogen-bond acceptors (Lipinski definition) is 2. The summed E-state index contributed by atoms with van der Waals surface area (Å²) < 4.78 is 0. The zero-order valence-electron chi connectivity index (χ0n) is 10.7. The van der Waals surface area contributed by atoms with E-state index in [1.807, 2.05) is 0 Å². The van der Waals surface area contributed by atoms with Crippen molar-refractivity contribution >= 4 is 5.91 Å². The fourth-order valence-electron chi connectivity index (χ4n) is 3.99. The van der Waals surface area contributed by atoms with Crippen LogP contribution in [0.1, 0.15) is 51.4 Å². The van der Waals surface area contributed by atoms with E-state index in [-0.39, 0.29) is 6.04 Å². The van der Waals surface area contributed by atoms with Crippen molar-refractivity contribution in [2.45, 2.75) is 63.5 Å². The lowest BCUT2D eigenvalue weighted by Crippen LogP contribution is -2.54. The monoisotopic (exact) mass is 236 g/mol. The third-order valence-corrected chi connectivity index (χ3v) is 4.88. The van der Waals surface area contributed by atoms with E-state index in [1.165, 1.54) is 44.9 Å². The highest BCUT2D eigenvalue weighted by Crippen LogP contribution is 2.35. The highest BCUT2D eigenvalue weighted by Gasteiger charge is 2.38. The SMILES string of the molecule is O=C(C1CCCN1)N1CCCC2CCCCC21. The first-order valence-corrected chi connectivity index (χ1v) is 7.40. The second-order valence-electron chi connectivity index (χ2n) is 5.93. The minimum absolute atomic E-state index is 0.135. The van der Waals surface area contributed by atoms with Gasteiger partial charge in [0.2, 0.25) is 5.91 Å². The van der Waals surface area contributed by atoms with E-state index in [4.69, 9.17) is 0 Å². The molecule has 1 N–H and O–H groups in total. The lowest BCUT2D eigenvalue weighted by atomic mass is 9.78. The van der Waals surface area contributed by atoms with Crippen LogP contribution in [-0.2, 0) is 4.79 Å². The largest absolute Gasteiger partial charge is 0.338 e. The van der Waals surface area contributed by atoms with E-state index in [2.05, 4.69) is 10.2 Å². The predicted octanol–water partition coefficient (Wildman–Crippen LogP) is 1.92. The molecule has 17 heavy (non-hydrogen) atoms. The molecule has 0 radical (unpaired) electrons. The smallest absolute Gasteiger partial charge is 0.239 e. The van der Waals surface area contributed by atoms with Crippen molar-refractivity contribution in [3.05, 3.63) is 0 Å². The van der Waals surface area contributed by atoms with Gasteiger partial charge in [0.05, 0.1) is 6.04 Å². The minimum Gasteiger partial charge on any atom is -0.338 e. The van der Waals surface area contributed by atoms with E-state index >= 15 is 0 Å². The molecule has 2 saturated heterocycles. The molecule has 1 saturated carbocycles. The maximum absolute atomic E-state index is 12.5. The van der Waals surface area contributed by atoms with Crippen molar-refractivity contribution in [3.63, 3.8) is 0 Å². The summed E-state index contributed by atoms with van der Waals surface area (Å²) in [6, 6.07) is 0.711. The Labute approximate surface area is 104 Å². The number of nitrogens with one attached hydrogen (secondary N) is 1. The Kier molecular flexibility index (Phi) is 3.37. The van der Waals surface area contributed by atoms with Gasteiger partial charge in [0.25, 0.3) is 0 Å². The van der Waals surface area contributed by atoms with Crippen LogP contribution in [0.3, 0.4) is 0 Å². The van der Waals surface area contributed by atoms with Crippen LogP contribution in [-0.4, -0.2) is 36.0 Å². The maximum atomic E-state index is 12.5. The van der Waals surface area contributed by atoms with Gasteiger partial charge in [0.15, 0.2) is 0 Å². The summed E-state index contributed by atoms with van der Waals surface area (Å²) >= 11 is 0. The van der Waals surface area contributed by atoms with Crippen LogP contribution in [0.25, 0.3) is 0 Å². The van der Waals surface area contributed by atoms with Gasteiger partial charge in [-0.3, -0.25) is 4.79 Å². The fourth-order valence-corrected chi connectivity index (χ4v) is 3.99. The van der Waals surface area contributed by atoms with Crippen molar-refractivity contribution in [3.8, 4) is 0 Å². The summed E-state index contributed by atoms with van der Waals surface area (Å²) in [5, 5.41) is 3.36. The van der Waals surface area contributed by atoms with Crippen molar-refractivity contribution in [2.75, 3.05) is 13.1 Å². The Bertz CT molecular complexity index is 284. The molecule has 96 valence electrons. The van der Waals surface area contributed by atoms with Crippen LogP contribution < -0.4 is 5.32 Å². The molecular weight excluding hydrogens is 212 g/mol. The van der Waals surface area contributed by atoms with Crippen LogP contribution in [0.15, 0.2) is 0 Å². The molecule has 1 aliphatic carbocycles. The normalized spacial score (nSPS) is 37.9. The minimum atomic E-state index is 0.135. The molecular formula is C14H24N2O. The van der Waals surface area contributed by atoms with Crippen molar-refractivity contribution in [2.24, 2.45) is 5.92 Å². The van der Waals surface area contributed by atoms with Crippen molar-refractivity contribution in [1.82, 2.24) is 10.2 Å². The first-order valence-electron chi connectivity index (χ1n) is 7.40. The standard InChI is InChI=1S/C14H24N2O/c17-14(12-7-3-9-15-12)16-10-4-6-11-5-1-2-8-13(11)16/h11-13,15H,1-10H2. The number of carbonyl (C=O) groups excluding carboxylic acids is 1. The molecule has 0 aromatic rings. The Hall–Kier alpha value is -0.570. The van der Waals surface area contributed by atoms with E-state index in [0.717, 1.165) is 25.4 Å². The second kappa shape index (κ2) is 4.97. The van der Waals surface area contributed by atoms with E-state index in [1.54, 1.807) is 0 Å². The summed E-state index contributed by atoms with van der Waals surface area (Å²) in [7, 11) is 0. The zero-order chi connectivity index (χ0) is 11.7. The topological polar surface area (TPSA) is 32.3 Å². The number of rotatable bonds is 1. The van der Waals surface area contributed by atoms with Gasteiger partial charge in [0, 0.05) is 12.6 Å². The van der Waals surface area contributed by atoms with Gasteiger partial charge in [-0.25, -0.2) is 0 Å². The van der Waals surface area contributed by atoms with E-state index < -0.39 is 0 Å². The molecule has 0 spiro atoms. The maximum Gasteiger partial charge on any atom is 0.239 e. The highest BCUT2D eigenvalue weighted by atomic mass is 16.2. The van der Waals surface area contributed by atoms with Crippen LogP contribution in [0, 0.1) is 5.92 Å². The van der Waals surface area contributed by atoms with Gasteiger partial charge in [0.1, 0.15) is 0 Å². The zero-order valence-corrected chi connectivity index (χ0v) is 10.7. The molecule has 0 aromatic heterocycles. The van der Waals surface area contributed by atoms with Gasteiger partial charge in [-0.2, -0.15) is 0 Å². The number of likely N-dealkylation sites (tertiary alicyclic amines) is 1. The van der Waals surface area contributed by atoms with Crippen molar-refractivity contribution in [1.29, 1.82) is 0 Å². The van der Waals surface area contributed by atoms with Gasteiger partial charge >= 0.3 is 0 Å². The molecule has 3 rings (SSSR count). The molecule has 3 aliphatic rings. The van der Waals surface area contributed by atoms with Gasteiger partial charge in [-0.1, -0.05) is 12.8 Å². The quantitative estimate of drug-likeness (QED) is 0.754. The molecule has 3 fully saturated rings. The summed E-state index contributed by atoms with van der Waals surface area (Å²) in [5.74, 6) is 1.21. The molecule has 2 aliphatic heterocycles. The fraction of sp³-hybridized carbons (Fsp3) is 0.929. The lowest BCUT2D eigenvalue weighted by molar-refractivity contribution is -0.139. The average molecular weight is 236 g/mol. The summed E-state index contributed by atoms with van der Waals surface area (Å²) in [6.45, 7) is 2.04. The number of nitrogens with zero attached hydrogens (tertiary/aromatic N) is 1. The van der Waals surface area contributed by atoms with E-state index in [0.29, 0.717) is 11.9 Å². The Morgan fingerprint density at radius 1 is 1.00 bits per heavy atom. The molecule has 0 bridgehead atoms. The first kappa shape index (κ1) is 11.5. The number of hydrogen-bond donors (Lipinski definition) is 1. The first-order chi connectivity index (χ1) is 8.36. The van der Waals surface area contributed by atoms with Gasteiger partial charge in [-0.05, 0) is 51.0 Å². The number of fused-ring (bicyclic) bond motifs is 1. The molecule has 3 atom stereocenters. The van der Waals surface area contributed by atoms with Crippen LogP contribution in [0.2, 0.25) is 0 Å². The number of carbonyl (C=O) groups is 1. The molecule has 0 aromatic carbocycles. The Morgan fingerprint density at radius 3 is 2.65 bits per heavy atom. The Morgan fingerprint density at radius 2 is 1.82 bits per heavy atom. The Balaban J connectivity index is 1.69. The second-order valence-corrected chi connectivity index (χ2v) is 5.93. The predicted molar refractivity (Wildman–Crippen MR) is 67.7 cm³/mol. The summed E-state index contributed by atoms with van der Waals surface area (Å²) in [6.07, 6.45) is 10.1. The molecule has 3 nitrogen and oxygen atoms in total. The molecule has 3 unspecified atom stereocenters. The highest BCUT2D eigenvalue weighted by molar-refractivity contribution is 5.82. The van der Waals surface area contributed by atoms with Crippen molar-refractivity contribution < 1.29 is 4.79 Å². The van der Waals surface area contributed by atoms with Crippen LogP contribution in [0.4, 0.5) is 0 Å². The third-order valence-electron chi connectivity index (χ3n) is 4.88. The molecule has 2 heterocycles. The number of piperidine rings is 1. The molecule has 3 heteroatoms. The summed E-state index contributed by atoms with van der Waals surface area (Å²) in [5.41, 5.74) is 0. The van der Waals surface area contributed by atoms with Crippen LogP contribution in [0.5, 0.6) is 0 Å².